The van der Waals surface area contributed by atoms with Crippen molar-refractivity contribution in [1.29, 1.82) is 0 Å². The molecular formula is C12H14N4O2. The SMILES string of the molecule is COC(=O)c1nc(C2CNC2)n2c(N)cccc12. The molecule has 2 aromatic rings. The van der Waals surface area contributed by atoms with E-state index in [-0.39, 0.29) is 0 Å². The molecule has 3 rings (SSSR count). The van der Waals surface area contributed by atoms with Crippen molar-refractivity contribution in [3.05, 3.63) is 29.7 Å². The van der Waals surface area contributed by atoms with Gasteiger partial charge in [-0.2, -0.15) is 0 Å². The number of aromatic nitrogens is 2. The Kier molecular flexibility index (Phi) is 2.45. The van der Waals surface area contributed by atoms with Gasteiger partial charge in [-0.05, 0) is 12.1 Å². The van der Waals surface area contributed by atoms with Crippen LogP contribution in [0.4, 0.5) is 5.82 Å². The Hall–Kier alpha value is -2.08. The quantitative estimate of drug-likeness (QED) is 0.749. The van der Waals surface area contributed by atoms with E-state index in [1.54, 1.807) is 6.07 Å². The highest BCUT2D eigenvalue weighted by Crippen LogP contribution is 2.25. The first kappa shape index (κ1) is 11.0. The lowest BCUT2D eigenvalue weighted by molar-refractivity contribution is 0.0596. The number of methoxy groups -OCH3 is 1. The third-order valence-corrected chi connectivity index (χ3v) is 3.24. The van der Waals surface area contributed by atoms with Crippen molar-refractivity contribution in [1.82, 2.24) is 14.7 Å². The standard InChI is InChI=1S/C12H14N4O2/c1-18-12(17)10-8-3-2-4-9(13)16(8)11(15-10)7-5-14-6-7/h2-4,7,14H,5-6,13H2,1H3. The minimum atomic E-state index is -0.434. The molecule has 1 saturated heterocycles. The summed E-state index contributed by atoms with van der Waals surface area (Å²) in [7, 11) is 1.35. The van der Waals surface area contributed by atoms with Crippen LogP contribution >= 0.6 is 0 Å². The average molecular weight is 246 g/mol. The van der Waals surface area contributed by atoms with Crippen LogP contribution in [-0.2, 0) is 4.74 Å². The topological polar surface area (TPSA) is 81.6 Å². The van der Waals surface area contributed by atoms with Crippen LogP contribution in [0.3, 0.4) is 0 Å². The van der Waals surface area contributed by atoms with Crippen LogP contribution in [-0.4, -0.2) is 35.6 Å². The molecule has 3 heterocycles. The van der Waals surface area contributed by atoms with E-state index in [0.29, 0.717) is 22.9 Å². The molecule has 94 valence electrons. The predicted molar refractivity (Wildman–Crippen MR) is 66.6 cm³/mol. The minimum Gasteiger partial charge on any atom is -0.464 e. The summed E-state index contributed by atoms with van der Waals surface area (Å²) in [6.45, 7) is 1.71. The van der Waals surface area contributed by atoms with Crippen LogP contribution in [0.25, 0.3) is 5.52 Å². The molecule has 0 amide bonds. The zero-order valence-electron chi connectivity index (χ0n) is 10.0. The fraction of sp³-hybridized carbons (Fsp3) is 0.333. The van der Waals surface area contributed by atoms with Gasteiger partial charge in [-0.3, -0.25) is 4.40 Å². The summed E-state index contributed by atoms with van der Waals surface area (Å²) < 4.78 is 6.59. The second kappa shape index (κ2) is 3.99. The van der Waals surface area contributed by atoms with Gasteiger partial charge in [0, 0.05) is 19.0 Å². The van der Waals surface area contributed by atoms with E-state index in [4.69, 9.17) is 10.5 Å². The lowest BCUT2D eigenvalue weighted by Crippen LogP contribution is -2.41. The summed E-state index contributed by atoms with van der Waals surface area (Å²) in [4.78, 5) is 16.1. The maximum absolute atomic E-state index is 11.7. The van der Waals surface area contributed by atoms with Crippen molar-refractivity contribution in [2.75, 3.05) is 25.9 Å². The second-order valence-electron chi connectivity index (χ2n) is 4.34. The number of nitrogens with two attached hydrogens (primary N) is 1. The molecule has 3 N–H and O–H groups in total. The number of hydrogen-bond donors (Lipinski definition) is 2. The Morgan fingerprint density at radius 2 is 2.33 bits per heavy atom. The van der Waals surface area contributed by atoms with Gasteiger partial charge in [-0.1, -0.05) is 6.07 Å². The number of imidazole rings is 1. The molecule has 1 aliphatic rings. The summed E-state index contributed by atoms with van der Waals surface area (Å²) in [5.41, 5.74) is 7.00. The number of carbonyl (C=O) groups is 1. The molecule has 6 heteroatoms. The number of carbonyl (C=O) groups excluding carboxylic acids is 1. The van der Waals surface area contributed by atoms with E-state index >= 15 is 0 Å². The average Bonchev–Trinajstić information content (AvgIpc) is 2.67. The molecular weight excluding hydrogens is 232 g/mol. The largest absolute Gasteiger partial charge is 0.464 e. The van der Waals surface area contributed by atoms with E-state index in [9.17, 15) is 4.79 Å². The Morgan fingerprint density at radius 3 is 2.94 bits per heavy atom. The van der Waals surface area contributed by atoms with E-state index in [2.05, 4.69) is 10.3 Å². The van der Waals surface area contributed by atoms with Gasteiger partial charge in [0.15, 0.2) is 5.69 Å². The Morgan fingerprint density at radius 1 is 1.56 bits per heavy atom. The molecule has 1 fully saturated rings. The van der Waals surface area contributed by atoms with Gasteiger partial charge in [0.1, 0.15) is 11.6 Å². The van der Waals surface area contributed by atoms with Crippen LogP contribution in [0.5, 0.6) is 0 Å². The lowest BCUT2D eigenvalue weighted by atomic mass is 10.0. The Balaban J connectivity index is 2.25. The monoisotopic (exact) mass is 246 g/mol. The zero-order chi connectivity index (χ0) is 12.7. The van der Waals surface area contributed by atoms with Gasteiger partial charge >= 0.3 is 5.97 Å². The Bertz CT molecular complexity index is 616. The molecule has 0 aromatic carbocycles. The Labute approximate surface area is 104 Å². The molecule has 0 unspecified atom stereocenters. The highest BCUT2D eigenvalue weighted by molar-refractivity contribution is 5.95. The predicted octanol–water partition coefficient (Wildman–Crippen LogP) is 0.390. The number of fused-ring (bicyclic) bond motifs is 1. The summed E-state index contributed by atoms with van der Waals surface area (Å²) in [6.07, 6.45) is 0. The first-order valence-corrected chi connectivity index (χ1v) is 5.78. The van der Waals surface area contributed by atoms with Crippen molar-refractivity contribution in [2.45, 2.75) is 5.92 Å². The van der Waals surface area contributed by atoms with Crippen LogP contribution in [0, 0.1) is 0 Å². The fourth-order valence-electron chi connectivity index (χ4n) is 2.18. The van der Waals surface area contributed by atoms with Crippen LogP contribution in [0.1, 0.15) is 22.2 Å². The number of hydrogen-bond acceptors (Lipinski definition) is 5. The van der Waals surface area contributed by atoms with Crippen molar-refractivity contribution in [3.8, 4) is 0 Å². The van der Waals surface area contributed by atoms with Gasteiger partial charge in [0.05, 0.1) is 12.6 Å². The highest BCUT2D eigenvalue weighted by atomic mass is 16.5. The molecule has 0 atom stereocenters. The molecule has 2 aromatic heterocycles. The number of ether oxygens (including phenoxy) is 1. The summed E-state index contributed by atoms with van der Waals surface area (Å²) in [5, 5.41) is 3.19. The molecule has 6 nitrogen and oxygen atoms in total. The highest BCUT2D eigenvalue weighted by Gasteiger charge is 2.28. The molecule has 0 bridgehead atoms. The van der Waals surface area contributed by atoms with Gasteiger partial charge in [0.2, 0.25) is 0 Å². The molecule has 0 radical (unpaired) electrons. The molecule has 0 spiro atoms. The van der Waals surface area contributed by atoms with Gasteiger partial charge in [-0.15, -0.1) is 0 Å². The van der Waals surface area contributed by atoms with E-state index in [1.807, 2.05) is 16.5 Å². The summed E-state index contributed by atoms with van der Waals surface area (Å²) in [5.74, 6) is 1.26. The van der Waals surface area contributed by atoms with Crippen molar-refractivity contribution in [3.63, 3.8) is 0 Å². The first-order valence-electron chi connectivity index (χ1n) is 5.78. The lowest BCUT2D eigenvalue weighted by Gasteiger charge is -2.26. The van der Waals surface area contributed by atoms with Crippen molar-refractivity contribution < 1.29 is 9.53 Å². The molecule has 1 aliphatic heterocycles. The maximum atomic E-state index is 11.7. The number of nitrogen functional groups attached to an aromatic ring is 1. The van der Waals surface area contributed by atoms with Gasteiger partial charge in [-0.25, -0.2) is 9.78 Å². The number of esters is 1. The molecule has 18 heavy (non-hydrogen) atoms. The summed E-state index contributed by atoms with van der Waals surface area (Å²) in [6, 6.07) is 5.43. The van der Waals surface area contributed by atoms with Crippen molar-refractivity contribution in [2.24, 2.45) is 0 Å². The van der Waals surface area contributed by atoms with Crippen LogP contribution < -0.4 is 11.1 Å². The van der Waals surface area contributed by atoms with Crippen LogP contribution in [0.15, 0.2) is 18.2 Å². The first-order chi connectivity index (χ1) is 8.72. The molecule has 0 saturated carbocycles. The number of pyridine rings is 1. The fourth-order valence-corrected chi connectivity index (χ4v) is 2.18. The van der Waals surface area contributed by atoms with Crippen LogP contribution in [0.2, 0.25) is 0 Å². The normalized spacial score (nSPS) is 15.6. The number of anilines is 1. The summed E-state index contributed by atoms with van der Waals surface area (Å²) >= 11 is 0. The molecule has 0 aliphatic carbocycles. The number of nitrogens with one attached hydrogen (secondary N) is 1. The number of nitrogens with zero attached hydrogens (tertiary/aromatic N) is 2. The van der Waals surface area contributed by atoms with Crippen molar-refractivity contribution >= 4 is 17.3 Å². The third kappa shape index (κ3) is 1.46. The second-order valence-corrected chi connectivity index (χ2v) is 4.34. The number of rotatable bonds is 2. The van der Waals surface area contributed by atoms with Gasteiger partial charge < -0.3 is 15.8 Å². The van der Waals surface area contributed by atoms with E-state index < -0.39 is 5.97 Å². The van der Waals surface area contributed by atoms with E-state index in [1.165, 1.54) is 7.11 Å². The van der Waals surface area contributed by atoms with E-state index in [0.717, 1.165) is 18.9 Å². The third-order valence-electron chi connectivity index (χ3n) is 3.24. The van der Waals surface area contributed by atoms with Gasteiger partial charge in [0.25, 0.3) is 0 Å². The maximum Gasteiger partial charge on any atom is 0.358 e. The minimum absolute atomic E-state index is 0.292. The smallest absolute Gasteiger partial charge is 0.358 e. The zero-order valence-corrected chi connectivity index (χ0v) is 10.0.